The van der Waals surface area contributed by atoms with Gasteiger partial charge in [-0.3, -0.25) is 0 Å². The fourth-order valence-electron chi connectivity index (χ4n) is 3.41. The van der Waals surface area contributed by atoms with Crippen molar-refractivity contribution in [3.05, 3.63) is 40.3 Å². The standard InChI is InChI=1S/C19H20F2OS/c1-11-7-13-9-17(23-16(13)8-11)14-5-6-15(19(21)18(14)20)22-10-12-3-2-4-12/h5-6,9,11-12H,2-4,7-8,10H2,1H3. The Labute approximate surface area is 139 Å². The van der Waals surface area contributed by atoms with Crippen LogP contribution >= 0.6 is 11.3 Å². The monoisotopic (exact) mass is 334 g/mol. The maximum Gasteiger partial charge on any atom is 0.201 e. The van der Waals surface area contributed by atoms with E-state index in [0.29, 0.717) is 24.0 Å². The average Bonchev–Trinajstić information content (AvgIpc) is 2.99. The number of rotatable bonds is 4. The molecule has 2 aromatic rings. The summed E-state index contributed by atoms with van der Waals surface area (Å²) in [4.78, 5) is 2.14. The van der Waals surface area contributed by atoms with E-state index in [1.54, 1.807) is 23.5 Å². The number of fused-ring (bicyclic) bond motifs is 1. The van der Waals surface area contributed by atoms with Gasteiger partial charge in [0.2, 0.25) is 5.82 Å². The van der Waals surface area contributed by atoms with Crippen molar-refractivity contribution in [1.29, 1.82) is 0 Å². The van der Waals surface area contributed by atoms with Gasteiger partial charge in [-0.15, -0.1) is 11.3 Å². The second-order valence-electron chi connectivity index (χ2n) is 6.92. The first-order valence-corrected chi connectivity index (χ1v) is 9.16. The van der Waals surface area contributed by atoms with Gasteiger partial charge in [0.1, 0.15) is 0 Å². The van der Waals surface area contributed by atoms with Gasteiger partial charge in [-0.05, 0) is 61.3 Å². The molecule has 0 spiro atoms. The average molecular weight is 334 g/mol. The first-order valence-electron chi connectivity index (χ1n) is 8.34. The molecule has 1 saturated carbocycles. The van der Waals surface area contributed by atoms with Crippen LogP contribution in [0.3, 0.4) is 0 Å². The van der Waals surface area contributed by atoms with Crippen molar-refractivity contribution in [2.45, 2.75) is 39.0 Å². The van der Waals surface area contributed by atoms with Gasteiger partial charge in [0, 0.05) is 15.3 Å². The van der Waals surface area contributed by atoms with Gasteiger partial charge < -0.3 is 4.74 Å². The molecule has 0 radical (unpaired) electrons. The van der Waals surface area contributed by atoms with Gasteiger partial charge in [0.05, 0.1) is 6.61 Å². The van der Waals surface area contributed by atoms with Crippen LogP contribution in [0.5, 0.6) is 5.75 Å². The summed E-state index contributed by atoms with van der Waals surface area (Å²) in [6.45, 7) is 2.71. The molecule has 1 nitrogen and oxygen atoms in total. The first kappa shape index (κ1) is 15.1. The van der Waals surface area contributed by atoms with Crippen molar-refractivity contribution < 1.29 is 13.5 Å². The van der Waals surface area contributed by atoms with E-state index in [4.69, 9.17) is 4.74 Å². The lowest BCUT2D eigenvalue weighted by atomic mass is 9.86. The summed E-state index contributed by atoms with van der Waals surface area (Å²) in [5.74, 6) is -0.447. The van der Waals surface area contributed by atoms with Crippen LogP contribution in [0.4, 0.5) is 8.78 Å². The Balaban J connectivity index is 1.57. The normalized spacial score (nSPS) is 20.4. The van der Waals surface area contributed by atoms with Crippen molar-refractivity contribution in [3.8, 4) is 16.2 Å². The van der Waals surface area contributed by atoms with Crippen LogP contribution in [0, 0.1) is 23.5 Å². The minimum Gasteiger partial charge on any atom is -0.490 e. The van der Waals surface area contributed by atoms with Crippen molar-refractivity contribution >= 4 is 11.3 Å². The van der Waals surface area contributed by atoms with E-state index >= 15 is 0 Å². The lowest BCUT2D eigenvalue weighted by Gasteiger charge is -2.25. The Bertz CT molecular complexity index is 710. The first-order chi connectivity index (χ1) is 11.1. The van der Waals surface area contributed by atoms with E-state index < -0.39 is 11.6 Å². The van der Waals surface area contributed by atoms with Crippen LogP contribution in [0.2, 0.25) is 0 Å². The predicted octanol–water partition coefficient (Wildman–Crippen LogP) is 5.61. The Hall–Kier alpha value is -1.42. The highest BCUT2D eigenvalue weighted by Crippen LogP contribution is 2.40. The molecule has 4 heteroatoms. The molecule has 0 aliphatic heterocycles. The second kappa shape index (κ2) is 5.90. The molecule has 0 amide bonds. The highest BCUT2D eigenvalue weighted by molar-refractivity contribution is 7.15. The van der Waals surface area contributed by atoms with Gasteiger partial charge >= 0.3 is 0 Å². The van der Waals surface area contributed by atoms with Gasteiger partial charge in [0.15, 0.2) is 11.6 Å². The molecule has 0 bridgehead atoms. The van der Waals surface area contributed by atoms with Crippen LogP contribution in [0.15, 0.2) is 18.2 Å². The van der Waals surface area contributed by atoms with Crippen LogP contribution in [-0.4, -0.2) is 6.61 Å². The SMILES string of the molecule is CC1Cc2cc(-c3ccc(OCC4CCC4)c(F)c3F)sc2C1. The van der Waals surface area contributed by atoms with Crippen molar-refractivity contribution in [2.24, 2.45) is 11.8 Å². The van der Waals surface area contributed by atoms with E-state index in [9.17, 15) is 8.78 Å². The van der Waals surface area contributed by atoms with Crippen molar-refractivity contribution in [1.82, 2.24) is 0 Å². The third-order valence-corrected chi connectivity index (χ3v) is 6.24. The zero-order valence-corrected chi connectivity index (χ0v) is 14.0. The fraction of sp³-hybridized carbons (Fsp3) is 0.474. The Morgan fingerprint density at radius 1 is 1.17 bits per heavy atom. The molecule has 2 aliphatic rings. The van der Waals surface area contributed by atoms with Crippen LogP contribution in [-0.2, 0) is 12.8 Å². The summed E-state index contributed by atoms with van der Waals surface area (Å²) in [6.07, 6.45) is 5.55. The largest absolute Gasteiger partial charge is 0.490 e. The molecule has 1 unspecified atom stereocenters. The maximum absolute atomic E-state index is 14.5. The molecule has 23 heavy (non-hydrogen) atoms. The van der Waals surface area contributed by atoms with Crippen LogP contribution < -0.4 is 4.74 Å². The highest BCUT2D eigenvalue weighted by atomic mass is 32.1. The molecule has 1 heterocycles. The van der Waals surface area contributed by atoms with Crippen LogP contribution in [0.25, 0.3) is 10.4 Å². The van der Waals surface area contributed by atoms with E-state index in [1.807, 2.05) is 6.07 Å². The molecule has 0 N–H and O–H groups in total. The number of hydrogen-bond acceptors (Lipinski definition) is 2. The molecular weight excluding hydrogens is 314 g/mol. The Morgan fingerprint density at radius 3 is 2.70 bits per heavy atom. The Morgan fingerprint density at radius 2 is 2.00 bits per heavy atom. The summed E-state index contributed by atoms with van der Waals surface area (Å²) in [6, 6.07) is 5.25. The van der Waals surface area contributed by atoms with Gasteiger partial charge in [-0.2, -0.15) is 4.39 Å². The molecule has 122 valence electrons. The minimum absolute atomic E-state index is 0.0378. The topological polar surface area (TPSA) is 9.23 Å². The van der Waals surface area contributed by atoms with Gasteiger partial charge in [-0.1, -0.05) is 13.3 Å². The van der Waals surface area contributed by atoms with E-state index in [1.165, 1.54) is 16.9 Å². The molecule has 1 aromatic carbocycles. The summed E-state index contributed by atoms with van der Waals surface area (Å²) >= 11 is 1.59. The number of halogens is 2. The molecule has 4 rings (SSSR count). The van der Waals surface area contributed by atoms with Crippen molar-refractivity contribution in [2.75, 3.05) is 6.61 Å². The molecule has 2 aliphatic carbocycles. The number of ether oxygens (including phenoxy) is 1. The summed E-state index contributed by atoms with van der Waals surface area (Å²) in [5.41, 5.74) is 1.65. The summed E-state index contributed by atoms with van der Waals surface area (Å²) in [5, 5.41) is 0. The summed E-state index contributed by atoms with van der Waals surface area (Å²) in [7, 11) is 0. The second-order valence-corrected chi connectivity index (χ2v) is 8.06. The molecule has 1 fully saturated rings. The quantitative estimate of drug-likeness (QED) is 0.706. The zero-order chi connectivity index (χ0) is 16.0. The Kier molecular flexibility index (Phi) is 3.88. The minimum atomic E-state index is -0.858. The summed E-state index contributed by atoms with van der Waals surface area (Å²) < 4.78 is 34.2. The van der Waals surface area contributed by atoms with E-state index in [0.717, 1.165) is 30.6 Å². The number of benzene rings is 1. The number of thiophene rings is 1. The third kappa shape index (κ3) is 2.78. The fourth-order valence-corrected chi connectivity index (χ4v) is 4.78. The lowest BCUT2D eigenvalue weighted by Crippen LogP contribution is -2.19. The third-order valence-electron chi connectivity index (χ3n) is 5.01. The molecule has 1 aromatic heterocycles. The lowest BCUT2D eigenvalue weighted by molar-refractivity contribution is 0.174. The molecule has 1 atom stereocenters. The van der Waals surface area contributed by atoms with Crippen LogP contribution in [0.1, 0.15) is 36.6 Å². The van der Waals surface area contributed by atoms with Gasteiger partial charge in [0.25, 0.3) is 0 Å². The molecule has 0 saturated heterocycles. The predicted molar refractivity (Wildman–Crippen MR) is 89.1 cm³/mol. The zero-order valence-electron chi connectivity index (χ0n) is 13.2. The van der Waals surface area contributed by atoms with E-state index in [2.05, 4.69) is 6.92 Å². The smallest absolute Gasteiger partial charge is 0.201 e. The maximum atomic E-state index is 14.5. The van der Waals surface area contributed by atoms with E-state index in [-0.39, 0.29) is 5.75 Å². The molecular formula is C19H20F2OS. The van der Waals surface area contributed by atoms with Gasteiger partial charge in [-0.25, -0.2) is 4.39 Å². The van der Waals surface area contributed by atoms with Crippen molar-refractivity contribution in [3.63, 3.8) is 0 Å². The number of hydrogen-bond donors (Lipinski definition) is 0. The highest BCUT2D eigenvalue weighted by Gasteiger charge is 2.24.